The summed E-state index contributed by atoms with van der Waals surface area (Å²) in [4.78, 5) is 18.8. The number of anilines is 1. The lowest BCUT2D eigenvalue weighted by atomic mass is 10.1. The van der Waals surface area contributed by atoms with Gasteiger partial charge in [-0.15, -0.1) is 0 Å². The van der Waals surface area contributed by atoms with Crippen molar-refractivity contribution in [3.8, 4) is 0 Å². The Hall–Kier alpha value is -2.93. The normalized spacial score (nSPS) is 14.2. The van der Waals surface area contributed by atoms with Gasteiger partial charge in [0.15, 0.2) is 5.84 Å². The van der Waals surface area contributed by atoms with E-state index in [2.05, 4.69) is 10.1 Å². The number of pyridine rings is 1. The topological polar surface area (TPSA) is 101 Å². The lowest BCUT2D eigenvalue weighted by molar-refractivity contribution is 0.0996. The highest BCUT2D eigenvalue weighted by Crippen LogP contribution is 2.27. The van der Waals surface area contributed by atoms with E-state index in [4.69, 9.17) is 11.7 Å². The molecule has 0 aliphatic carbocycles. The summed E-state index contributed by atoms with van der Waals surface area (Å²) in [5, 5.41) is 5.21. The smallest absolute Gasteiger partial charge is 0.260 e. The minimum atomic E-state index is -0.0602. The highest BCUT2D eigenvalue weighted by atomic mass is 16.2. The van der Waals surface area contributed by atoms with Crippen molar-refractivity contribution < 1.29 is 4.79 Å². The molecule has 2 heterocycles. The number of nitrogens with two attached hydrogens (primary N) is 2. The lowest BCUT2D eigenvalue weighted by Gasteiger charge is -2.24. The Morgan fingerprint density at radius 3 is 2.67 bits per heavy atom. The number of amides is 1. The molecule has 7 nitrogen and oxygen atoms in total. The summed E-state index contributed by atoms with van der Waals surface area (Å²) >= 11 is 0. The number of fused-ring (bicyclic) bond motifs is 1. The maximum Gasteiger partial charge on any atom is 0.260 e. The van der Waals surface area contributed by atoms with Gasteiger partial charge in [0.1, 0.15) is 11.5 Å². The van der Waals surface area contributed by atoms with Gasteiger partial charge in [-0.3, -0.25) is 14.7 Å². The number of hydrogen-bond acceptors (Lipinski definition) is 5. The molecule has 1 aromatic carbocycles. The summed E-state index contributed by atoms with van der Waals surface area (Å²) < 4.78 is 0. The lowest BCUT2D eigenvalue weighted by Crippen LogP contribution is -2.44. The molecular formula is C17H20N6O. The van der Waals surface area contributed by atoms with E-state index in [1.807, 2.05) is 44.2 Å². The van der Waals surface area contributed by atoms with Gasteiger partial charge in [-0.05, 0) is 37.6 Å². The molecule has 0 bridgehead atoms. The quantitative estimate of drug-likeness (QED) is 0.385. The molecule has 0 fully saturated rings. The van der Waals surface area contributed by atoms with E-state index in [1.165, 1.54) is 5.01 Å². The van der Waals surface area contributed by atoms with Crippen LogP contribution in [-0.2, 0) is 6.54 Å². The monoisotopic (exact) mass is 324 g/mol. The largest absolute Gasteiger partial charge is 0.321 e. The van der Waals surface area contributed by atoms with Crippen molar-refractivity contribution in [2.75, 3.05) is 4.90 Å². The van der Waals surface area contributed by atoms with E-state index in [-0.39, 0.29) is 11.9 Å². The highest BCUT2D eigenvalue weighted by molar-refractivity contribution is 6.09. The summed E-state index contributed by atoms with van der Waals surface area (Å²) in [6.45, 7) is 4.35. The van der Waals surface area contributed by atoms with Gasteiger partial charge >= 0.3 is 0 Å². The summed E-state index contributed by atoms with van der Waals surface area (Å²) in [7, 11) is 0. The second-order valence-electron chi connectivity index (χ2n) is 5.88. The predicted molar refractivity (Wildman–Crippen MR) is 93.1 cm³/mol. The van der Waals surface area contributed by atoms with Crippen molar-refractivity contribution >= 4 is 17.6 Å². The van der Waals surface area contributed by atoms with Crippen molar-refractivity contribution in [3.05, 3.63) is 59.3 Å². The van der Waals surface area contributed by atoms with Gasteiger partial charge in [-0.2, -0.15) is 5.10 Å². The molecule has 0 saturated carbocycles. The number of carbonyl (C=O) groups is 1. The van der Waals surface area contributed by atoms with Crippen molar-refractivity contribution in [1.82, 2.24) is 9.99 Å². The molecule has 4 N–H and O–H groups in total. The van der Waals surface area contributed by atoms with Gasteiger partial charge in [-0.25, -0.2) is 10.8 Å². The van der Waals surface area contributed by atoms with Crippen LogP contribution in [0.25, 0.3) is 0 Å². The van der Waals surface area contributed by atoms with E-state index in [0.717, 1.165) is 5.56 Å². The van der Waals surface area contributed by atoms with Crippen molar-refractivity contribution in [2.24, 2.45) is 16.8 Å². The summed E-state index contributed by atoms with van der Waals surface area (Å²) in [6, 6.07) is 12.9. The Balaban J connectivity index is 1.94. The molecule has 0 saturated heterocycles. The first kappa shape index (κ1) is 15.9. The standard InChI is InChI=1S/C17H20N6O/c1-11(2)23(19)16(21-18)14-8-5-9-15(20-14)22-10-12-6-3-4-7-13(12)17(22)24/h3-9,11H,10,18-19H2,1-2H3/b21-16-. The first-order valence-electron chi connectivity index (χ1n) is 7.72. The second kappa shape index (κ2) is 6.29. The first-order valence-corrected chi connectivity index (χ1v) is 7.72. The number of amidine groups is 1. The number of hydrazone groups is 1. The molecule has 7 heteroatoms. The molecule has 1 aliphatic rings. The predicted octanol–water partition coefficient (Wildman–Crippen LogP) is 1.45. The van der Waals surface area contributed by atoms with E-state index in [0.29, 0.717) is 29.5 Å². The number of hydrogen-bond donors (Lipinski definition) is 2. The molecule has 124 valence electrons. The van der Waals surface area contributed by atoms with Gasteiger partial charge in [0, 0.05) is 11.6 Å². The second-order valence-corrected chi connectivity index (χ2v) is 5.88. The van der Waals surface area contributed by atoms with E-state index >= 15 is 0 Å². The van der Waals surface area contributed by atoms with Crippen molar-refractivity contribution in [1.29, 1.82) is 0 Å². The van der Waals surface area contributed by atoms with Gasteiger partial charge < -0.3 is 5.84 Å². The molecule has 0 spiro atoms. The highest BCUT2D eigenvalue weighted by Gasteiger charge is 2.29. The molecule has 3 rings (SSSR count). The van der Waals surface area contributed by atoms with Gasteiger partial charge in [0.2, 0.25) is 0 Å². The van der Waals surface area contributed by atoms with E-state index in [9.17, 15) is 4.79 Å². The van der Waals surface area contributed by atoms with Gasteiger partial charge in [0.25, 0.3) is 5.91 Å². The summed E-state index contributed by atoms with van der Waals surface area (Å²) in [5.41, 5.74) is 2.22. The fourth-order valence-electron chi connectivity index (χ4n) is 2.65. The molecule has 24 heavy (non-hydrogen) atoms. The Morgan fingerprint density at radius 1 is 1.25 bits per heavy atom. The fraction of sp³-hybridized carbons (Fsp3) is 0.235. The maximum atomic E-state index is 12.6. The van der Waals surface area contributed by atoms with E-state index in [1.54, 1.807) is 17.0 Å². The van der Waals surface area contributed by atoms with Gasteiger partial charge in [0.05, 0.1) is 6.54 Å². The number of hydrazine groups is 1. The third-order valence-electron chi connectivity index (χ3n) is 3.98. The summed E-state index contributed by atoms with van der Waals surface area (Å²) in [6.07, 6.45) is 0. The number of benzene rings is 1. The van der Waals surface area contributed by atoms with Crippen molar-refractivity contribution in [3.63, 3.8) is 0 Å². The third kappa shape index (κ3) is 2.69. The zero-order chi connectivity index (χ0) is 17.3. The van der Waals surface area contributed by atoms with Gasteiger partial charge in [-0.1, -0.05) is 24.3 Å². The molecule has 1 aromatic heterocycles. The average Bonchev–Trinajstić information content (AvgIpc) is 2.93. The van der Waals surface area contributed by atoms with Crippen LogP contribution in [0.1, 0.15) is 35.5 Å². The minimum Gasteiger partial charge on any atom is -0.321 e. The Morgan fingerprint density at radius 2 is 2.00 bits per heavy atom. The number of nitrogens with zero attached hydrogens (tertiary/aromatic N) is 4. The van der Waals surface area contributed by atoms with E-state index < -0.39 is 0 Å². The molecule has 2 aromatic rings. The van der Waals surface area contributed by atoms with Crippen LogP contribution in [-0.4, -0.2) is 27.8 Å². The number of carbonyl (C=O) groups excluding carboxylic acids is 1. The fourth-order valence-corrected chi connectivity index (χ4v) is 2.65. The van der Waals surface area contributed by atoms with Crippen LogP contribution in [0, 0.1) is 0 Å². The molecule has 1 amide bonds. The molecule has 0 unspecified atom stereocenters. The zero-order valence-electron chi connectivity index (χ0n) is 13.7. The SMILES string of the molecule is CC(C)N(N)/C(=N\N)c1cccc(N2Cc3ccccc3C2=O)n1. The Labute approximate surface area is 140 Å². The third-order valence-corrected chi connectivity index (χ3v) is 3.98. The zero-order valence-corrected chi connectivity index (χ0v) is 13.7. The number of aromatic nitrogens is 1. The van der Waals surface area contributed by atoms with Crippen molar-refractivity contribution in [2.45, 2.75) is 26.4 Å². The maximum absolute atomic E-state index is 12.6. The minimum absolute atomic E-state index is 0.00966. The van der Waals surface area contributed by atoms with Crippen LogP contribution < -0.4 is 16.6 Å². The van der Waals surface area contributed by atoms with Crippen LogP contribution in [0.2, 0.25) is 0 Å². The average molecular weight is 324 g/mol. The number of rotatable bonds is 3. The van der Waals surface area contributed by atoms with Crippen LogP contribution >= 0.6 is 0 Å². The van der Waals surface area contributed by atoms with Crippen LogP contribution in [0.5, 0.6) is 0 Å². The van der Waals surface area contributed by atoms with Crippen LogP contribution in [0.4, 0.5) is 5.82 Å². The Bertz CT molecular complexity index is 801. The molecular weight excluding hydrogens is 304 g/mol. The van der Waals surface area contributed by atoms with Crippen LogP contribution in [0.15, 0.2) is 47.6 Å². The summed E-state index contributed by atoms with van der Waals surface area (Å²) in [5.74, 6) is 12.4. The first-order chi connectivity index (χ1) is 11.5. The molecule has 0 atom stereocenters. The van der Waals surface area contributed by atoms with Crippen LogP contribution in [0.3, 0.4) is 0 Å². The molecule has 0 radical (unpaired) electrons. The molecule has 1 aliphatic heterocycles. The Kier molecular flexibility index (Phi) is 4.18.